The number of hydrogen-bond donors (Lipinski definition) is 1. The van der Waals surface area contributed by atoms with Crippen LogP contribution in [0.15, 0.2) is 12.3 Å². The van der Waals surface area contributed by atoms with Gasteiger partial charge in [-0.15, -0.1) is 0 Å². The molecule has 0 aliphatic rings. The molecule has 0 unspecified atom stereocenters. The van der Waals surface area contributed by atoms with Crippen molar-refractivity contribution in [1.82, 2.24) is 4.98 Å². The molecule has 0 spiro atoms. The Morgan fingerprint density at radius 2 is 2.55 bits per heavy atom. The van der Waals surface area contributed by atoms with Gasteiger partial charge in [-0.2, -0.15) is 0 Å². The summed E-state index contributed by atoms with van der Waals surface area (Å²) in [4.78, 5) is 3.90. The summed E-state index contributed by atoms with van der Waals surface area (Å²) in [5.74, 6) is 0.501. The number of rotatable bonds is 3. The Balaban J connectivity index is 2.62. The molecule has 0 amide bonds. The van der Waals surface area contributed by atoms with E-state index in [1.807, 2.05) is 6.92 Å². The van der Waals surface area contributed by atoms with Gasteiger partial charge in [0.05, 0.1) is 6.61 Å². The van der Waals surface area contributed by atoms with Gasteiger partial charge in [-0.1, -0.05) is 0 Å². The van der Waals surface area contributed by atoms with Gasteiger partial charge >= 0.3 is 0 Å². The van der Waals surface area contributed by atoms with Crippen LogP contribution in [0.25, 0.3) is 0 Å². The molecule has 0 saturated heterocycles. The van der Waals surface area contributed by atoms with Crippen molar-refractivity contribution in [3.63, 3.8) is 0 Å². The third-order valence-electron chi connectivity index (χ3n) is 1.31. The van der Waals surface area contributed by atoms with E-state index < -0.39 is 0 Å². The first kappa shape index (κ1) is 8.01. The van der Waals surface area contributed by atoms with Crippen molar-refractivity contribution in [2.24, 2.45) is 0 Å². The molecule has 1 aromatic rings. The van der Waals surface area contributed by atoms with E-state index in [1.165, 1.54) is 0 Å². The molecule has 3 nitrogen and oxygen atoms in total. The highest BCUT2D eigenvalue weighted by Gasteiger charge is 1.97. The molecule has 11 heavy (non-hydrogen) atoms. The van der Waals surface area contributed by atoms with Gasteiger partial charge in [-0.05, 0) is 19.1 Å². The van der Waals surface area contributed by atoms with Gasteiger partial charge in [0.25, 0.3) is 0 Å². The molecule has 1 radical (unpaired) electrons. The first-order valence-corrected chi connectivity index (χ1v) is 3.53. The lowest BCUT2D eigenvalue weighted by Crippen LogP contribution is -1.99. The van der Waals surface area contributed by atoms with Crippen molar-refractivity contribution in [2.75, 3.05) is 12.3 Å². The minimum Gasteiger partial charge on any atom is -0.383 e. The average molecular weight is 151 g/mol. The van der Waals surface area contributed by atoms with E-state index in [9.17, 15) is 0 Å². The summed E-state index contributed by atoms with van der Waals surface area (Å²) < 4.78 is 5.15. The predicted molar refractivity (Wildman–Crippen MR) is 42.8 cm³/mol. The highest BCUT2D eigenvalue weighted by Crippen LogP contribution is 2.06. The van der Waals surface area contributed by atoms with Crippen molar-refractivity contribution in [1.29, 1.82) is 0 Å². The molecule has 0 atom stereocenters. The van der Waals surface area contributed by atoms with Crippen molar-refractivity contribution >= 4 is 5.82 Å². The standard InChI is InChI=1S/C8H11N2O/c1-2-11-6-7-4-3-5-10-8(7)9/h3,5H,2,6H2,1H3,(H2,9,10). The molecule has 0 aliphatic carbocycles. The maximum Gasteiger partial charge on any atom is 0.129 e. The summed E-state index contributed by atoms with van der Waals surface area (Å²) in [6.07, 6.45) is 1.62. The third kappa shape index (κ3) is 2.20. The number of anilines is 1. The van der Waals surface area contributed by atoms with Crippen LogP contribution in [0.3, 0.4) is 0 Å². The maximum absolute atomic E-state index is 5.54. The van der Waals surface area contributed by atoms with Crippen molar-refractivity contribution in [2.45, 2.75) is 13.5 Å². The minimum atomic E-state index is 0.496. The van der Waals surface area contributed by atoms with E-state index >= 15 is 0 Å². The van der Waals surface area contributed by atoms with Crippen LogP contribution in [0, 0.1) is 6.07 Å². The number of nitrogens with zero attached hydrogens (tertiary/aromatic N) is 1. The highest BCUT2D eigenvalue weighted by molar-refractivity contribution is 5.36. The van der Waals surface area contributed by atoms with Crippen molar-refractivity contribution in [3.05, 3.63) is 23.9 Å². The zero-order chi connectivity index (χ0) is 8.10. The van der Waals surface area contributed by atoms with Gasteiger partial charge in [0.1, 0.15) is 5.82 Å². The summed E-state index contributed by atoms with van der Waals surface area (Å²) in [5.41, 5.74) is 6.37. The largest absolute Gasteiger partial charge is 0.383 e. The van der Waals surface area contributed by atoms with E-state index in [1.54, 1.807) is 12.3 Å². The Hall–Kier alpha value is -1.09. The van der Waals surface area contributed by atoms with Gasteiger partial charge in [-0.25, -0.2) is 4.98 Å². The number of nitrogen functional groups attached to an aromatic ring is 1. The van der Waals surface area contributed by atoms with Crippen LogP contribution in [-0.2, 0) is 11.3 Å². The first-order valence-electron chi connectivity index (χ1n) is 3.53. The van der Waals surface area contributed by atoms with Gasteiger partial charge in [0.15, 0.2) is 0 Å². The lowest BCUT2D eigenvalue weighted by atomic mass is 10.3. The lowest BCUT2D eigenvalue weighted by molar-refractivity contribution is 0.134. The number of aromatic nitrogens is 1. The van der Waals surface area contributed by atoms with Crippen LogP contribution in [0.4, 0.5) is 5.82 Å². The third-order valence-corrected chi connectivity index (χ3v) is 1.31. The molecule has 1 aromatic heterocycles. The van der Waals surface area contributed by atoms with E-state index in [0.717, 1.165) is 5.56 Å². The van der Waals surface area contributed by atoms with Gasteiger partial charge in [0, 0.05) is 18.4 Å². The number of hydrogen-bond acceptors (Lipinski definition) is 3. The highest BCUT2D eigenvalue weighted by atomic mass is 16.5. The van der Waals surface area contributed by atoms with Crippen LogP contribution < -0.4 is 5.73 Å². The molecule has 59 valence electrons. The molecular weight excluding hydrogens is 140 g/mol. The quantitative estimate of drug-likeness (QED) is 0.701. The normalized spacial score (nSPS) is 9.91. The van der Waals surface area contributed by atoms with Gasteiger partial charge < -0.3 is 10.5 Å². The van der Waals surface area contributed by atoms with E-state index in [-0.39, 0.29) is 0 Å². The Labute approximate surface area is 66.2 Å². The topological polar surface area (TPSA) is 48.1 Å². The number of ether oxygens (including phenoxy) is 1. The fourth-order valence-electron chi connectivity index (χ4n) is 0.727. The molecule has 0 bridgehead atoms. The molecule has 2 N–H and O–H groups in total. The zero-order valence-electron chi connectivity index (χ0n) is 6.50. The smallest absolute Gasteiger partial charge is 0.129 e. The van der Waals surface area contributed by atoms with E-state index in [4.69, 9.17) is 10.5 Å². The fourth-order valence-corrected chi connectivity index (χ4v) is 0.727. The van der Waals surface area contributed by atoms with Crippen molar-refractivity contribution < 1.29 is 4.74 Å². The van der Waals surface area contributed by atoms with Crippen molar-refractivity contribution in [3.8, 4) is 0 Å². The average Bonchev–Trinajstić information content (AvgIpc) is 2.03. The van der Waals surface area contributed by atoms with E-state index in [2.05, 4.69) is 11.1 Å². The van der Waals surface area contributed by atoms with Crippen LogP contribution in [0.5, 0.6) is 0 Å². The molecule has 0 aliphatic heterocycles. The second kappa shape index (κ2) is 3.93. The van der Waals surface area contributed by atoms with Crippen LogP contribution in [-0.4, -0.2) is 11.6 Å². The molecule has 0 saturated carbocycles. The second-order valence-corrected chi connectivity index (χ2v) is 2.09. The first-order chi connectivity index (χ1) is 5.34. The monoisotopic (exact) mass is 151 g/mol. The summed E-state index contributed by atoms with van der Waals surface area (Å²) in [5, 5.41) is 0. The second-order valence-electron chi connectivity index (χ2n) is 2.09. The van der Waals surface area contributed by atoms with Crippen LogP contribution in [0.2, 0.25) is 0 Å². The SMILES string of the molecule is CCOCc1[c]ccnc1N. The Morgan fingerprint density at radius 3 is 3.18 bits per heavy atom. The molecular formula is C8H11N2O. The minimum absolute atomic E-state index is 0.496. The maximum atomic E-state index is 5.54. The van der Waals surface area contributed by atoms with Gasteiger partial charge in [-0.3, -0.25) is 0 Å². The number of nitrogens with two attached hydrogens (primary N) is 1. The Morgan fingerprint density at radius 1 is 1.73 bits per heavy atom. The molecule has 0 aromatic carbocycles. The summed E-state index contributed by atoms with van der Waals surface area (Å²) >= 11 is 0. The summed E-state index contributed by atoms with van der Waals surface area (Å²) in [6.45, 7) is 3.12. The predicted octanol–water partition coefficient (Wildman–Crippen LogP) is 1.00. The number of pyridine rings is 1. The lowest BCUT2D eigenvalue weighted by Gasteiger charge is -2.02. The van der Waals surface area contributed by atoms with Crippen LogP contribution in [0.1, 0.15) is 12.5 Å². The van der Waals surface area contributed by atoms with Crippen LogP contribution >= 0.6 is 0 Å². The Kier molecular flexibility index (Phi) is 2.86. The molecule has 1 heterocycles. The summed E-state index contributed by atoms with van der Waals surface area (Å²) in [6, 6.07) is 4.69. The Bertz CT molecular complexity index is 225. The summed E-state index contributed by atoms with van der Waals surface area (Å²) in [7, 11) is 0. The van der Waals surface area contributed by atoms with E-state index in [0.29, 0.717) is 19.0 Å². The zero-order valence-corrected chi connectivity index (χ0v) is 6.50. The fraction of sp³-hybridized carbons (Fsp3) is 0.375. The molecule has 1 rings (SSSR count). The molecule has 0 fully saturated rings. The molecule has 3 heteroatoms. The van der Waals surface area contributed by atoms with Gasteiger partial charge in [0.2, 0.25) is 0 Å².